The average Bonchev–Trinajstić information content (AvgIpc) is 3.39. The Hall–Kier alpha value is -4.31. The number of ether oxygens (including phenoxy) is 2. The molecule has 38 heavy (non-hydrogen) atoms. The number of hydrogen-bond donors (Lipinski definition) is 0. The highest BCUT2D eigenvalue weighted by atomic mass is 16.5. The normalized spacial score (nSPS) is 16.1. The Kier molecular flexibility index (Phi) is 7.32. The molecule has 5 rings (SSSR count). The highest BCUT2D eigenvalue weighted by molar-refractivity contribution is 5.97. The predicted octanol–water partition coefficient (Wildman–Crippen LogP) is 4.27. The summed E-state index contributed by atoms with van der Waals surface area (Å²) in [7, 11) is 3.15. The third kappa shape index (κ3) is 5.35. The minimum absolute atomic E-state index is 0.0163. The minimum Gasteiger partial charge on any atom is -0.497 e. The summed E-state index contributed by atoms with van der Waals surface area (Å²) >= 11 is 0. The number of pyridine rings is 1. The van der Waals surface area contributed by atoms with E-state index in [0.29, 0.717) is 54.4 Å². The number of methoxy groups -OCH3 is 2. The molecule has 0 unspecified atom stereocenters. The van der Waals surface area contributed by atoms with Crippen molar-refractivity contribution < 1.29 is 19.1 Å². The standard InChI is InChI=1S/C31H31N3O4/c1-37-26-10-11-28(38-2)27(19-26)30(36)33-15-12-31(13-16-33)14-17-34(22-31)29(35)25-18-24(20-32-21-25)9-8-23-6-4-3-5-7-23/h3-7,10-11,18-21H,12-17,22H2,1-2H3. The Morgan fingerprint density at radius 2 is 1.53 bits per heavy atom. The molecule has 0 atom stereocenters. The Labute approximate surface area is 223 Å². The SMILES string of the molecule is COc1ccc(OC)c(C(=O)N2CCC3(CCN(C(=O)c4cncc(C#Cc5ccccc5)c4)C3)CC2)c1. The van der Waals surface area contributed by atoms with Crippen LogP contribution in [-0.4, -0.2) is 67.0 Å². The largest absolute Gasteiger partial charge is 0.497 e. The van der Waals surface area contributed by atoms with E-state index in [1.165, 1.54) is 0 Å². The van der Waals surface area contributed by atoms with Gasteiger partial charge in [0.05, 0.1) is 25.3 Å². The zero-order valence-electron chi connectivity index (χ0n) is 21.8. The van der Waals surface area contributed by atoms with Crippen molar-refractivity contribution in [1.82, 2.24) is 14.8 Å². The molecule has 0 aliphatic carbocycles. The molecule has 1 spiro atoms. The lowest BCUT2D eigenvalue weighted by atomic mass is 9.77. The van der Waals surface area contributed by atoms with Crippen molar-refractivity contribution in [3.63, 3.8) is 0 Å². The number of aromatic nitrogens is 1. The molecule has 2 saturated heterocycles. The summed E-state index contributed by atoms with van der Waals surface area (Å²) in [5.74, 6) is 7.32. The van der Waals surface area contributed by atoms with Gasteiger partial charge in [-0.3, -0.25) is 14.6 Å². The highest BCUT2D eigenvalue weighted by Crippen LogP contribution is 2.41. The van der Waals surface area contributed by atoms with Crippen molar-refractivity contribution in [3.8, 4) is 23.3 Å². The van der Waals surface area contributed by atoms with E-state index in [-0.39, 0.29) is 17.2 Å². The van der Waals surface area contributed by atoms with Crippen LogP contribution < -0.4 is 9.47 Å². The summed E-state index contributed by atoms with van der Waals surface area (Å²) in [6.07, 6.45) is 5.95. The second-order valence-electron chi connectivity index (χ2n) is 9.91. The number of carbonyl (C=O) groups excluding carboxylic acids is 2. The molecule has 7 heteroatoms. The van der Waals surface area contributed by atoms with Crippen LogP contribution in [-0.2, 0) is 0 Å². The van der Waals surface area contributed by atoms with E-state index in [0.717, 1.165) is 24.8 Å². The molecule has 2 aliphatic rings. The molecule has 3 heterocycles. The van der Waals surface area contributed by atoms with Gasteiger partial charge in [-0.1, -0.05) is 30.0 Å². The van der Waals surface area contributed by atoms with E-state index in [9.17, 15) is 9.59 Å². The second-order valence-corrected chi connectivity index (χ2v) is 9.91. The Balaban J connectivity index is 1.22. The molecule has 194 valence electrons. The van der Waals surface area contributed by atoms with Gasteiger partial charge in [0.1, 0.15) is 11.5 Å². The van der Waals surface area contributed by atoms with Gasteiger partial charge < -0.3 is 19.3 Å². The van der Waals surface area contributed by atoms with E-state index >= 15 is 0 Å². The monoisotopic (exact) mass is 509 g/mol. The number of hydrogen-bond acceptors (Lipinski definition) is 5. The van der Waals surface area contributed by atoms with Gasteiger partial charge in [0.2, 0.25) is 0 Å². The number of amides is 2. The van der Waals surface area contributed by atoms with E-state index in [4.69, 9.17) is 9.47 Å². The molecule has 2 aliphatic heterocycles. The lowest BCUT2D eigenvalue weighted by Crippen LogP contribution is -2.44. The zero-order valence-corrected chi connectivity index (χ0v) is 21.8. The van der Waals surface area contributed by atoms with Crippen molar-refractivity contribution in [2.24, 2.45) is 5.41 Å². The summed E-state index contributed by atoms with van der Waals surface area (Å²) in [6.45, 7) is 2.69. The third-order valence-electron chi connectivity index (χ3n) is 7.58. The Morgan fingerprint density at radius 1 is 0.816 bits per heavy atom. The van der Waals surface area contributed by atoms with Crippen LogP contribution in [0.4, 0.5) is 0 Å². The van der Waals surface area contributed by atoms with Crippen LogP contribution in [0.25, 0.3) is 0 Å². The molecule has 0 N–H and O–H groups in total. The van der Waals surface area contributed by atoms with E-state index in [1.54, 1.807) is 44.8 Å². The van der Waals surface area contributed by atoms with Crippen LogP contribution in [0, 0.1) is 17.3 Å². The van der Waals surface area contributed by atoms with Crippen LogP contribution in [0.2, 0.25) is 0 Å². The molecular formula is C31H31N3O4. The Bertz CT molecular complexity index is 1380. The Morgan fingerprint density at radius 3 is 2.24 bits per heavy atom. The van der Waals surface area contributed by atoms with Gasteiger partial charge in [0.15, 0.2) is 0 Å². The molecule has 2 fully saturated rings. The molecule has 0 radical (unpaired) electrons. The maximum absolute atomic E-state index is 13.3. The van der Waals surface area contributed by atoms with Crippen molar-refractivity contribution >= 4 is 11.8 Å². The van der Waals surface area contributed by atoms with Crippen LogP contribution in [0.1, 0.15) is 51.1 Å². The fraction of sp³-hybridized carbons (Fsp3) is 0.323. The first kappa shape index (κ1) is 25.3. The predicted molar refractivity (Wildman–Crippen MR) is 144 cm³/mol. The molecular weight excluding hydrogens is 478 g/mol. The van der Waals surface area contributed by atoms with Crippen molar-refractivity contribution in [2.45, 2.75) is 19.3 Å². The first-order valence-corrected chi connectivity index (χ1v) is 12.8. The van der Waals surface area contributed by atoms with Crippen LogP contribution in [0.3, 0.4) is 0 Å². The van der Waals surface area contributed by atoms with Crippen molar-refractivity contribution in [1.29, 1.82) is 0 Å². The summed E-state index contributed by atoms with van der Waals surface area (Å²) in [4.78, 5) is 34.7. The van der Waals surface area contributed by atoms with Crippen molar-refractivity contribution in [3.05, 3.63) is 89.2 Å². The van der Waals surface area contributed by atoms with Gasteiger partial charge >= 0.3 is 0 Å². The minimum atomic E-state index is -0.0546. The van der Waals surface area contributed by atoms with E-state index < -0.39 is 0 Å². The first-order valence-electron chi connectivity index (χ1n) is 12.8. The molecule has 1 aromatic heterocycles. The zero-order chi connectivity index (χ0) is 26.5. The molecule has 2 aromatic carbocycles. The maximum Gasteiger partial charge on any atom is 0.257 e. The number of likely N-dealkylation sites (tertiary alicyclic amines) is 2. The lowest BCUT2D eigenvalue weighted by molar-refractivity contribution is 0.0562. The summed E-state index contributed by atoms with van der Waals surface area (Å²) in [5.41, 5.74) is 2.73. The fourth-order valence-corrected chi connectivity index (χ4v) is 5.33. The quantitative estimate of drug-likeness (QED) is 0.492. The number of benzene rings is 2. The first-order chi connectivity index (χ1) is 18.5. The fourth-order valence-electron chi connectivity index (χ4n) is 5.33. The van der Waals surface area contributed by atoms with Gasteiger partial charge in [-0.25, -0.2) is 0 Å². The average molecular weight is 510 g/mol. The van der Waals surface area contributed by atoms with Gasteiger partial charge in [0, 0.05) is 49.7 Å². The number of piperidine rings is 1. The van der Waals surface area contributed by atoms with Crippen LogP contribution >= 0.6 is 0 Å². The summed E-state index contributed by atoms with van der Waals surface area (Å²) < 4.78 is 10.7. The van der Waals surface area contributed by atoms with Crippen LogP contribution in [0.15, 0.2) is 67.0 Å². The van der Waals surface area contributed by atoms with Gasteiger partial charge in [-0.05, 0) is 61.1 Å². The molecule has 0 saturated carbocycles. The topological polar surface area (TPSA) is 72.0 Å². The summed E-state index contributed by atoms with van der Waals surface area (Å²) in [6, 6.07) is 16.8. The molecule has 3 aromatic rings. The highest BCUT2D eigenvalue weighted by Gasteiger charge is 2.43. The van der Waals surface area contributed by atoms with Gasteiger partial charge in [-0.15, -0.1) is 0 Å². The molecule has 0 bridgehead atoms. The number of carbonyl (C=O) groups is 2. The number of rotatable bonds is 4. The smallest absolute Gasteiger partial charge is 0.257 e. The number of nitrogens with zero attached hydrogens (tertiary/aromatic N) is 3. The van der Waals surface area contributed by atoms with Gasteiger partial charge in [0.25, 0.3) is 11.8 Å². The van der Waals surface area contributed by atoms with E-state index in [2.05, 4.69) is 16.8 Å². The lowest BCUT2D eigenvalue weighted by Gasteiger charge is -2.39. The van der Waals surface area contributed by atoms with Crippen molar-refractivity contribution in [2.75, 3.05) is 40.4 Å². The maximum atomic E-state index is 13.3. The molecule has 7 nitrogen and oxygen atoms in total. The van der Waals surface area contributed by atoms with Crippen LogP contribution in [0.5, 0.6) is 11.5 Å². The molecule has 2 amide bonds. The second kappa shape index (κ2) is 11.0. The van der Waals surface area contributed by atoms with E-state index in [1.807, 2.05) is 46.2 Å². The van der Waals surface area contributed by atoms with Gasteiger partial charge in [-0.2, -0.15) is 0 Å². The summed E-state index contributed by atoms with van der Waals surface area (Å²) in [5, 5.41) is 0. The third-order valence-corrected chi connectivity index (χ3v) is 7.58.